The number of ketones is 1. The number of hydrogen-bond acceptors (Lipinski definition) is 4. The highest BCUT2D eigenvalue weighted by molar-refractivity contribution is 6.40. The Morgan fingerprint density at radius 1 is 1.28 bits per heavy atom. The monoisotopic (exact) mass is 252 g/mol. The normalized spacial score (nSPS) is 12.6. The molecule has 0 amide bonds. The molecule has 0 aromatic carbocycles. The van der Waals surface area contributed by atoms with Gasteiger partial charge in [0.15, 0.2) is 5.84 Å². The molecule has 0 aliphatic rings. The number of carbonyl (C=O) groups excluding carboxylic acids is 2. The highest BCUT2D eigenvalue weighted by Gasteiger charge is 2.18. The molecule has 0 aromatic heterocycles. The van der Waals surface area contributed by atoms with E-state index in [2.05, 4.69) is 16.7 Å². The number of amidine groups is 1. The maximum Gasteiger partial charge on any atom is 0.306 e. The Kier molecular flexibility index (Phi) is 6.78. The Morgan fingerprint density at radius 2 is 1.89 bits per heavy atom. The second-order valence-corrected chi connectivity index (χ2v) is 4.60. The molecule has 100 valence electrons. The summed E-state index contributed by atoms with van der Waals surface area (Å²) < 4.78 is 5.09. The minimum Gasteiger partial charge on any atom is -0.460 e. The van der Waals surface area contributed by atoms with Gasteiger partial charge in [0, 0.05) is 12.6 Å². The summed E-state index contributed by atoms with van der Waals surface area (Å²) in [5, 5.41) is 0. The molecule has 0 heterocycles. The van der Waals surface area contributed by atoms with E-state index in [0.717, 1.165) is 0 Å². The lowest BCUT2D eigenvalue weighted by atomic mass is 10.1. The van der Waals surface area contributed by atoms with Crippen molar-refractivity contribution < 1.29 is 14.3 Å². The number of esters is 1. The van der Waals surface area contributed by atoms with Crippen LogP contribution < -0.4 is 0 Å². The fourth-order valence-electron chi connectivity index (χ4n) is 1.07. The van der Waals surface area contributed by atoms with Gasteiger partial charge in [-0.15, -0.1) is 0 Å². The van der Waals surface area contributed by atoms with Crippen molar-refractivity contribution in [3.05, 3.63) is 12.3 Å². The van der Waals surface area contributed by atoms with Crippen molar-refractivity contribution in [2.75, 3.05) is 0 Å². The lowest BCUT2D eigenvalue weighted by Crippen LogP contribution is -2.24. The maximum atomic E-state index is 11.6. The van der Waals surface area contributed by atoms with Crippen LogP contribution in [0.25, 0.3) is 0 Å². The number of hydrogen-bond donors (Lipinski definition) is 0. The fraction of sp³-hybridized carbons (Fsp3) is 0.538. The summed E-state index contributed by atoms with van der Waals surface area (Å²) in [6.07, 6.45) is 3.16. The van der Waals surface area contributed by atoms with Crippen molar-refractivity contribution in [1.82, 2.24) is 0 Å². The highest BCUT2D eigenvalue weighted by atomic mass is 16.6. The first-order valence-corrected chi connectivity index (χ1v) is 5.71. The van der Waals surface area contributed by atoms with Gasteiger partial charge in [0.05, 0.1) is 6.42 Å². The molecule has 0 spiro atoms. The zero-order chi connectivity index (χ0) is 14.2. The van der Waals surface area contributed by atoms with Gasteiger partial charge < -0.3 is 4.74 Å². The number of carbonyl (C=O) groups is 2. The van der Waals surface area contributed by atoms with Crippen LogP contribution in [-0.4, -0.2) is 29.9 Å². The highest BCUT2D eigenvalue weighted by Crippen LogP contribution is 2.09. The molecule has 0 saturated heterocycles. The van der Waals surface area contributed by atoms with Crippen molar-refractivity contribution >= 4 is 24.3 Å². The van der Waals surface area contributed by atoms with Crippen molar-refractivity contribution in [2.24, 2.45) is 9.98 Å². The minimum atomic E-state index is -0.543. The SMILES string of the molecule is C=NC(=N/C=C\C)C(=O)CCC(=O)OC(C)(C)C. The third kappa shape index (κ3) is 7.49. The molecule has 5 nitrogen and oxygen atoms in total. The number of Topliss-reactive ketones (excluding diaryl/α,β-unsaturated/α-hetero) is 1. The van der Waals surface area contributed by atoms with Gasteiger partial charge in [-0.05, 0) is 34.4 Å². The number of nitrogens with zero attached hydrogens (tertiary/aromatic N) is 2. The van der Waals surface area contributed by atoms with Gasteiger partial charge in [0.1, 0.15) is 5.60 Å². The van der Waals surface area contributed by atoms with Crippen LogP contribution in [-0.2, 0) is 14.3 Å². The van der Waals surface area contributed by atoms with Crippen LogP contribution >= 0.6 is 0 Å². The Morgan fingerprint density at radius 3 is 2.33 bits per heavy atom. The zero-order valence-electron chi connectivity index (χ0n) is 11.4. The first kappa shape index (κ1) is 16.2. The van der Waals surface area contributed by atoms with Crippen LogP contribution in [0.2, 0.25) is 0 Å². The zero-order valence-corrected chi connectivity index (χ0v) is 11.4. The largest absolute Gasteiger partial charge is 0.460 e. The average Bonchev–Trinajstić information content (AvgIpc) is 2.25. The summed E-state index contributed by atoms with van der Waals surface area (Å²) in [5.74, 6) is -0.726. The summed E-state index contributed by atoms with van der Waals surface area (Å²) >= 11 is 0. The molecule has 18 heavy (non-hydrogen) atoms. The first-order chi connectivity index (χ1) is 8.30. The van der Waals surface area contributed by atoms with E-state index < -0.39 is 11.6 Å². The van der Waals surface area contributed by atoms with Crippen LogP contribution in [0, 0.1) is 0 Å². The molecule has 0 bridgehead atoms. The topological polar surface area (TPSA) is 68.1 Å². The summed E-state index contributed by atoms with van der Waals surface area (Å²) in [6, 6.07) is 0. The van der Waals surface area contributed by atoms with Gasteiger partial charge in [-0.3, -0.25) is 9.59 Å². The predicted octanol–water partition coefficient (Wildman–Crippen LogP) is 2.31. The Labute approximate surface area is 108 Å². The van der Waals surface area contributed by atoms with Crippen molar-refractivity contribution in [1.29, 1.82) is 0 Å². The van der Waals surface area contributed by atoms with Crippen molar-refractivity contribution in [3.8, 4) is 0 Å². The third-order valence-electron chi connectivity index (χ3n) is 1.72. The molecule has 0 aromatic rings. The van der Waals surface area contributed by atoms with Gasteiger partial charge in [-0.25, -0.2) is 9.98 Å². The van der Waals surface area contributed by atoms with E-state index >= 15 is 0 Å². The van der Waals surface area contributed by atoms with E-state index in [9.17, 15) is 9.59 Å². The van der Waals surface area contributed by atoms with Crippen LogP contribution in [0.1, 0.15) is 40.5 Å². The molecule has 0 saturated carbocycles. The summed E-state index contributed by atoms with van der Waals surface area (Å²) in [6.45, 7) is 10.4. The smallest absolute Gasteiger partial charge is 0.306 e. The lowest BCUT2D eigenvalue weighted by Gasteiger charge is -2.19. The van der Waals surface area contributed by atoms with Crippen LogP contribution in [0.5, 0.6) is 0 Å². The molecule has 0 N–H and O–H groups in total. The van der Waals surface area contributed by atoms with Gasteiger partial charge in [-0.2, -0.15) is 0 Å². The molecule has 0 aliphatic carbocycles. The molecular formula is C13H20N2O3. The Balaban J connectivity index is 4.33. The predicted molar refractivity (Wildman–Crippen MR) is 71.9 cm³/mol. The van der Waals surface area contributed by atoms with Crippen molar-refractivity contribution in [3.63, 3.8) is 0 Å². The van der Waals surface area contributed by atoms with Crippen LogP contribution in [0.15, 0.2) is 22.3 Å². The fourth-order valence-corrected chi connectivity index (χ4v) is 1.07. The van der Waals surface area contributed by atoms with Gasteiger partial charge in [-0.1, -0.05) is 6.08 Å². The van der Waals surface area contributed by atoms with Gasteiger partial charge >= 0.3 is 5.97 Å². The molecular weight excluding hydrogens is 232 g/mol. The summed E-state index contributed by atoms with van der Waals surface area (Å²) in [7, 11) is 0. The average molecular weight is 252 g/mol. The van der Waals surface area contributed by atoms with Crippen LogP contribution in [0.3, 0.4) is 0 Å². The number of ether oxygens (including phenoxy) is 1. The maximum absolute atomic E-state index is 11.6. The van der Waals surface area contributed by atoms with E-state index in [0.29, 0.717) is 0 Å². The second kappa shape index (κ2) is 7.53. The molecule has 0 unspecified atom stereocenters. The first-order valence-electron chi connectivity index (χ1n) is 5.71. The van der Waals surface area contributed by atoms with Crippen LogP contribution in [0.4, 0.5) is 0 Å². The quantitative estimate of drug-likeness (QED) is 0.428. The standard InChI is InChI=1S/C13H20N2O3/c1-6-9-15-12(14-5)10(16)7-8-11(17)18-13(2,3)4/h6,9H,5,7-8H2,1-4H3/b9-6-,15-12?. The second-order valence-electron chi connectivity index (χ2n) is 4.60. The van der Waals surface area contributed by atoms with E-state index in [1.54, 1.807) is 33.8 Å². The van der Waals surface area contributed by atoms with E-state index in [1.807, 2.05) is 0 Å². The summed E-state index contributed by atoms with van der Waals surface area (Å²) in [4.78, 5) is 30.4. The molecule has 0 atom stereocenters. The number of allylic oxidation sites excluding steroid dienone is 1. The summed E-state index contributed by atoms with van der Waals surface area (Å²) in [5.41, 5.74) is -0.543. The molecule has 5 heteroatoms. The number of rotatable bonds is 5. The van der Waals surface area contributed by atoms with Crippen molar-refractivity contribution in [2.45, 2.75) is 46.1 Å². The molecule has 0 rings (SSSR count). The number of aliphatic imine (C=N–C) groups is 2. The van der Waals surface area contributed by atoms with E-state index in [1.165, 1.54) is 6.20 Å². The molecule has 0 aliphatic heterocycles. The van der Waals surface area contributed by atoms with E-state index in [4.69, 9.17) is 4.74 Å². The lowest BCUT2D eigenvalue weighted by molar-refractivity contribution is -0.155. The van der Waals surface area contributed by atoms with E-state index in [-0.39, 0.29) is 24.5 Å². The Bertz CT molecular complexity index is 376. The Hall–Kier alpha value is -1.78. The minimum absolute atomic E-state index is 0.0108. The van der Waals surface area contributed by atoms with Gasteiger partial charge in [0.2, 0.25) is 5.78 Å². The third-order valence-corrected chi connectivity index (χ3v) is 1.72. The molecule has 0 radical (unpaired) electrons. The molecule has 0 fully saturated rings. The van der Waals surface area contributed by atoms with Gasteiger partial charge in [0.25, 0.3) is 0 Å².